The van der Waals surface area contributed by atoms with E-state index in [-0.39, 0.29) is 60.4 Å². The molecule has 1 aromatic heterocycles. The summed E-state index contributed by atoms with van der Waals surface area (Å²) in [6.07, 6.45) is 1.98. The smallest absolute Gasteiger partial charge is 0.320 e. The van der Waals surface area contributed by atoms with Crippen LogP contribution in [0.5, 0.6) is 5.75 Å². The van der Waals surface area contributed by atoms with Crippen molar-refractivity contribution in [3.8, 4) is 11.8 Å². The number of carbonyl (C=O) groups excluding carboxylic acids is 2. The van der Waals surface area contributed by atoms with Gasteiger partial charge in [0, 0.05) is 49.6 Å². The quantitative estimate of drug-likeness (QED) is 0.495. The summed E-state index contributed by atoms with van der Waals surface area (Å²) in [4.78, 5) is 27.8. The van der Waals surface area contributed by atoms with E-state index in [1.165, 1.54) is 24.4 Å². The molecule has 2 aromatic rings. The Hall–Kier alpha value is -2.85. The number of phenols is 1. The third-order valence-corrected chi connectivity index (χ3v) is 4.40. The van der Waals surface area contributed by atoms with E-state index in [9.17, 15) is 19.1 Å². The largest absolute Gasteiger partial charge is 0.507 e. The molecule has 7 nitrogen and oxygen atoms in total. The van der Waals surface area contributed by atoms with Gasteiger partial charge in [0.25, 0.3) is 0 Å². The van der Waals surface area contributed by atoms with Crippen molar-refractivity contribution in [3.63, 3.8) is 0 Å². The molecule has 1 heterocycles. The summed E-state index contributed by atoms with van der Waals surface area (Å²) >= 11 is 0. The van der Waals surface area contributed by atoms with Gasteiger partial charge in [0.05, 0.1) is 11.1 Å². The Morgan fingerprint density at radius 3 is 2.71 bits per heavy atom. The van der Waals surface area contributed by atoms with Crippen molar-refractivity contribution in [3.05, 3.63) is 53.0 Å². The minimum atomic E-state index is -0.608. The van der Waals surface area contributed by atoms with Gasteiger partial charge in [-0.2, -0.15) is 5.26 Å². The van der Waals surface area contributed by atoms with Gasteiger partial charge in [0.2, 0.25) is 0 Å². The number of anilines is 1. The number of carbonyl (C=O) groups is 2. The normalized spacial score (nSPS) is 17.0. The van der Waals surface area contributed by atoms with Crippen LogP contribution in [0.4, 0.5) is 15.0 Å². The Labute approximate surface area is 173 Å². The molecule has 1 saturated carbocycles. The predicted molar refractivity (Wildman–Crippen MR) is 94.9 cm³/mol. The molecule has 0 unspecified atom stereocenters. The molecule has 2 atom stereocenters. The summed E-state index contributed by atoms with van der Waals surface area (Å²) in [6.45, 7) is 1.66. The van der Waals surface area contributed by atoms with Gasteiger partial charge < -0.3 is 10.4 Å². The van der Waals surface area contributed by atoms with E-state index in [0.29, 0.717) is 12.0 Å². The van der Waals surface area contributed by atoms with E-state index in [4.69, 9.17) is 5.26 Å². The number of ketones is 1. The Kier molecular flexibility index (Phi) is 6.82. The number of nitrogens with zero attached hydrogens (tertiary/aromatic N) is 2. The number of benzene rings is 1. The number of phenolic OH excluding ortho intramolecular Hbond substituents is 1. The van der Waals surface area contributed by atoms with Crippen LogP contribution in [-0.4, -0.2) is 27.9 Å². The van der Waals surface area contributed by atoms with E-state index < -0.39 is 17.8 Å². The van der Waals surface area contributed by atoms with E-state index in [2.05, 4.69) is 15.6 Å². The zero-order valence-electron chi connectivity index (χ0n) is 15.2. The van der Waals surface area contributed by atoms with Gasteiger partial charge >= 0.3 is 6.03 Å². The molecule has 0 radical (unpaired) electrons. The number of nitrogens with one attached hydrogen (secondary N) is 2. The van der Waals surface area contributed by atoms with E-state index in [0.717, 1.165) is 6.07 Å². The maximum Gasteiger partial charge on any atom is 0.320 e. The van der Waals surface area contributed by atoms with Crippen LogP contribution in [0, 0.1) is 17.1 Å². The molecule has 0 saturated heterocycles. The third-order valence-electron chi connectivity index (χ3n) is 4.40. The average molecular weight is 434 g/mol. The molecular weight excluding hydrogens is 417 g/mol. The summed E-state index contributed by atoms with van der Waals surface area (Å²) in [7, 11) is 0. The van der Waals surface area contributed by atoms with Crippen LogP contribution in [0.1, 0.15) is 47.2 Å². The first kappa shape index (κ1) is 21.5. The number of amides is 2. The van der Waals surface area contributed by atoms with Crippen LogP contribution in [-0.2, 0) is 19.5 Å². The van der Waals surface area contributed by atoms with Crippen molar-refractivity contribution in [1.29, 1.82) is 5.26 Å². The van der Waals surface area contributed by atoms with Crippen molar-refractivity contribution in [2.45, 2.75) is 31.7 Å². The zero-order valence-corrected chi connectivity index (χ0v) is 18.2. The molecule has 140 valence electrons. The predicted octanol–water partition coefficient (Wildman–Crippen LogP) is 3.07. The number of aromatic nitrogens is 1. The maximum absolute atomic E-state index is 14.2. The molecule has 28 heavy (non-hydrogen) atoms. The van der Waals surface area contributed by atoms with E-state index >= 15 is 0 Å². The summed E-state index contributed by atoms with van der Waals surface area (Å²) in [6, 6.07) is 6.48. The van der Waals surface area contributed by atoms with E-state index in [1.807, 2.05) is 6.07 Å². The number of hydrogen-bond acceptors (Lipinski definition) is 5. The second-order valence-electron chi connectivity index (χ2n) is 6.23. The number of aromatic hydroxyl groups is 1. The monoisotopic (exact) mass is 432 g/mol. The first-order valence-corrected chi connectivity index (χ1v) is 8.42. The number of rotatable bonds is 5. The Bertz CT molecular complexity index is 943. The van der Waals surface area contributed by atoms with Gasteiger partial charge in [-0.15, -0.1) is 0 Å². The number of nitriles is 1. The standard InChI is InChI=1S/C19H17FN4O3.Zn/c1-2-15(25)11-4-5-13(20)17(18(11)26)12-7-14(12)23-19(27)24-16-6-3-10(8-21)9-22-16;/h3-6,9,12,14,26H,2,7H2,1H3,(H2,22,23,24,27);/t12-,14+;/m1./s1. The fourth-order valence-corrected chi connectivity index (χ4v) is 2.88. The third kappa shape index (κ3) is 4.52. The fraction of sp³-hybridized carbons (Fsp3) is 0.263. The van der Waals surface area contributed by atoms with Crippen LogP contribution in [0.25, 0.3) is 0 Å². The molecule has 1 aliphatic rings. The van der Waals surface area contributed by atoms with Gasteiger partial charge in [0.1, 0.15) is 23.5 Å². The summed E-state index contributed by atoms with van der Waals surface area (Å²) in [5.41, 5.74) is 0.512. The van der Waals surface area contributed by atoms with Crippen LogP contribution in [0.3, 0.4) is 0 Å². The molecule has 9 heteroatoms. The van der Waals surface area contributed by atoms with Crippen molar-refractivity contribution in [1.82, 2.24) is 10.3 Å². The zero-order chi connectivity index (χ0) is 19.6. The topological polar surface area (TPSA) is 115 Å². The Balaban J connectivity index is 0.00000280. The van der Waals surface area contributed by atoms with Crippen molar-refractivity contribution >= 4 is 17.6 Å². The second kappa shape index (κ2) is 8.89. The minimum Gasteiger partial charge on any atom is -0.507 e. The van der Waals surface area contributed by atoms with Crippen molar-refractivity contribution in [2.24, 2.45) is 0 Å². The van der Waals surface area contributed by atoms with Crippen LogP contribution in [0.2, 0.25) is 0 Å². The molecule has 1 aliphatic carbocycles. The first-order chi connectivity index (χ1) is 12.9. The summed E-state index contributed by atoms with van der Waals surface area (Å²) < 4.78 is 14.2. The van der Waals surface area contributed by atoms with Gasteiger partial charge in [-0.05, 0) is 30.7 Å². The van der Waals surface area contributed by atoms with Crippen LogP contribution >= 0.6 is 0 Å². The second-order valence-corrected chi connectivity index (χ2v) is 6.23. The number of hydrogen-bond donors (Lipinski definition) is 3. The van der Waals surface area contributed by atoms with Crippen molar-refractivity contribution < 1.29 is 38.6 Å². The SMILES string of the molecule is CCC(=O)c1ccc(F)c([C@@H]2C[C@@H]2NC(=O)Nc2ccc(C#N)cn2)c1O.[Zn]. The van der Waals surface area contributed by atoms with Crippen LogP contribution in [0.15, 0.2) is 30.5 Å². The average Bonchev–Trinajstić information content (AvgIpc) is 3.40. The number of halogens is 1. The number of urea groups is 1. The molecule has 1 fully saturated rings. The number of pyridine rings is 1. The summed E-state index contributed by atoms with van der Waals surface area (Å²) in [5, 5.41) is 24.2. The summed E-state index contributed by atoms with van der Waals surface area (Å²) in [5.74, 6) is -1.37. The Morgan fingerprint density at radius 1 is 1.36 bits per heavy atom. The molecule has 2 amide bonds. The Morgan fingerprint density at radius 2 is 2.11 bits per heavy atom. The number of Topliss-reactive ketones (excluding diaryl/α,β-unsaturated/α-hetero) is 1. The van der Waals surface area contributed by atoms with Crippen molar-refractivity contribution in [2.75, 3.05) is 5.32 Å². The molecular formula is C19H17FN4O3Zn. The minimum absolute atomic E-state index is 0. The van der Waals surface area contributed by atoms with E-state index in [1.54, 1.807) is 6.92 Å². The molecule has 3 rings (SSSR count). The molecule has 0 aliphatic heterocycles. The van der Waals surface area contributed by atoms with Gasteiger partial charge in [-0.25, -0.2) is 14.2 Å². The molecule has 3 N–H and O–H groups in total. The van der Waals surface area contributed by atoms with Gasteiger partial charge in [0.15, 0.2) is 5.78 Å². The first-order valence-electron chi connectivity index (χ1n) is 8.42. The maximum atomic E-state index is 14.2. The molecule has 1 aromatic carbocycles. The molecule has 0 bridgehead atoms. The van der Waals surface area contributed by atoms with Gasteiger partial charge in [-0.1, -0.05) is 6.92 Å². The van der Waals surface area contributed by atoms with Crippen LogP contribution < -0.4 is 10.6 Å². The fourth-order valence-electron chi connectivity index (χ4n) is 2.88. The van der Waals surface area contributed by atoms with Gasteiger partial charge in [-0.3, -0.25) is 10.1 Å². The molecule has 0 spiro atoms.